The second kappa shape index (κ2) is 6.18. The normalized spacial score (nSPS) is 16.9. The van der Waals surface area contributed by atoms with Crippen molar-refractivity contribution >= 4 is 12.4 Å². The molecule has 0 aromatic heterocycles. The summed E-state index contributed by atoms with van der Waals surface area (Å²) in [6.45, 7) is 6.83. The van der Waals surface area contributed by atoms with E-state index < -0.39 is 0 Å². The van der Waals surface area contributed by atoms with Crippen LogP contribution in [0, 0.1) is 12.7 Å². The van der Waals surface area contributed by atoms with Gasteiger partial charge in [0.15, 0.2) is 0 Å². The molecule has 1 aromatic carbocycles. The standard InChI is InChI=1S/C12H17FN2.ClH/c1-10-2-3-11(8-12(10)13)9-15-6-4-14-5-7-15;/h2-3,8,14H,4-7,9H2,1H3;1H. The maximum Gasteiger partial charge on any atom is 0.126 e. The van der Waals surface area contributed by atoms with Gasteiger partial charge in [-0.3, -0.25) is 4.90 Å². The zero-order chi connectivity index (χ0) is 10.7. The van der Waals surface area contributed by atoms with E-state index in [1.807, 2.05) is 12.1 Å². The zero-order valence-electron chi connectivity index (χ0n) is 9.50. The second-order valence-corrected chi connectivity index (χ2v) is 4.11. The lowest BCUT2D eigenvalue weighted by Gasteiger charge is -2.27. The van der Waals surface area contributed by atoms with E-state index in [4.69, 9.17) is 0 Å². The highest BCUT2D eigenvalue weighted by Gasteiger charge is 2.10. The van der Waals surface area contributed by atoms with Gasteiger partial charge in [0, 0.05) is 32.7 Å². The van der Waals surface area contributed by atoms with Crippen LogP contribution in [-0.4, -0.2) is 31.1 Å². The van der Waals surface area contributed by atoms with E-state index in [1.54, 1.807) is 13.0 Å². The lowest BCUT2D eigenvalue weighted by Crippen LogP contribution is -2.42. The van der Waals surface area contributed by atoms with Gasteiger partial charge >= 0.3 is 0 Å². The third-order valence-electron chi connectivity index (χ3n) is 2.85. The van der Waals surface area contributed by atoms with Crippen molar-refractivity contribution in [3.05, 3.63) is 35.1 Å². The van der Waals surface area contributed by atoms with Crippen LogP contribution in [0.3, 0.4) is 0 Å². The minimum Gasteiger partial charge on any atom is -0.314 e. The highest BCUT2D eigenvalue weighted by atomic mass is 35.5. The lowest BCUT2D eigenvalue weighted by molar-refractivity contribution is 0.233. The number of hydrogen-bond acceptors (Lipinski definition) is 2. The van der Waals surface area contributed by atoms with Crippen molar-refractivity contribution in [1.29, 1.82) is 0 Å². The summed E-state index contributed by atoms with van der Waals surface area (Å²) in [5, 5.41) is 3.31. The van der Waals surface area contributed by atoms with Crippen LogP contribution in [-0.2, 0) is 6.54 Å². The van der Waals surface area contributed by atoms with Gasteiger partial charge in [0.05, 0.1) is 0 Å². The Morgan fingerprint density at radius 3 is 2.62 bits per heavy atom. The van der Waals surface area contributed by atoms with Crippen LogP contribution in [0.15, 0.2) is 18.2 Å². The molecule has 0 spiro atoms. The molecule has 2 rings (SSSR count). The van der Waals surface area contributed by atoms with Crippen molar-refractivity contribution in [2.45, 2.75) is 13.5 Å². The topological polar surface area (TPSA) is 15.3 Å². The molecule has 0 unspecified atom stereocenters. The molecule has 0 amide bonds. The molecule has 90 valence electrons. The van der Waals surface area contributed by atoms with Crippen LogP contribution >= 0.6 is 12.4 Å². The van der Waals surface area contributed by atoms with E-state index in [0.717, 1.165) is 43.9 Å². The third-order valence-corrected chi connectivity index (χ3v) is 2.85. The zero-order valence-corrected chi connectivity index (χ0v) is 10.3. The van der Waals surface area contributed by atoms with Gasteiger partial charge in [-0.15, -0.1) is 12.4 Å². The van der Waals surface area contributed by atoms with Gasteiger partial charge in [0.1, 0.15) is 5.82 Å². The largest absolute Gasteiger partial charge is 0.314 e. The molecule has 0 saturated carbocycles. The molecule has 1 N–H and O–H groups in total. The van der Waals surface area contributed by atoms with Gasteiger partial charge in [0.25, 0.3) is 0 Å². The smallest absolute Gasteiger partial charge is 0.126 e. The number of nitrogens with one attached hydrogen (secondary N) is 1. The van der Waals surface area contributed by atoms with Crippen LogP contribution in [0.4, 0.5) is 4.39 Å². The minimum absolute atomic E-state index is 0. The monoisotopic (exact) mass is 244 g/mol. The van der Waals surface area contributed by atoms with E-state index in [-0.39, 0.29) is 18.2 Å². The van der Waals surface area contributed by atoms with Crippen molar-refractivity contribution < 1.29 is 4.39 Å². The summed E-state index contributed by atoms with van der Waals surface area (Å²) in [6.07, 6.45) is 0. The quantitative estimate of drug-likeness (QED) is 0.856. The third kappa shape index (κ3) is 3.44. The summed E-state index contributed by atoms with van der Waals surface area (Å²) in [6, 6.07) is 5.52. The lowest BCUT2D eigenvalue weighted by atomic mass is 10.1. The number of hydrogen-bond donors (Lipinski definition) is 1. The molecular weight excluding hydrogens is 227 g/mol. The first-order chi connectivity index (χ1) is 7.25. The van der Waals surface area contributed by atoms with E-state index in [9.17, 15) is 4.39 Å². The fourth-order valence-corrected chi connectivity index (χ4v) is 1.86. The molecule has 1 aromatic rings. The van der Waals surface area contributed by atoms with Gasteiger partial charge < -0.3 is 5.32 Å². The fourth-order valence-electron chi connectivity index (χ4n) is 1.86. The number of halogens is 2. The summed E-state index contributed by atoms with van der Waals surface area (Å²) in [5.74, 6) is -0.0948. The predicted molar refractivity (Wildman–Crippen MR) is 66.5 cm³/mol. The van der Waals surface area contributed by atoms with Gasteiger partial charge in [-0.05, 0) is 24.1 Å². The molecule has 1 aliphatic rings. The molecule has 1 saturated heterocycles. The number of piperazine rings is 1. The van der Waals surface area contributed by atoms with Crippen LogP contribution in [0.2, 0.25) is 0 Å². The SMILES string of the molecule is Cc1ccc(CN2CCNCC2)cc1F.Cl. The van der Waals surface area contributed by atoms with Gasteiger partial charge in [0.2, 0.25) is 0 Å². The average molecular weight is 245 g/mol. The molecule has 1 heterocycles. The van der Waals surface area contributed by atoms with E-state index >= 15 is 0 Å². The summed E-state index contributed by atoms with van der Waals surface area (Å²) >= 11 is 0. The average Bonchev–Trinajstić information content (AvgIpc) is 2.25. The van der Waals surface area contributed by atoms with Crippen LogP contribution in [0.5, 0.6) is 0 Å². The summed E-state index contributed by atoms with van der Waals surface area (Å²) in [7, 11) is 0. The highest BCUT2D eigenvalue weighted by molar-refractivity contribution is 5.85. The molecule has 0 atom stereocenters. The van der Waals surface area contributed by atoms with E-state index in [1.165, 1.54) is 0 Å². The van der Waals surface area contributed by atoms with Crippen LogP contribution in [0.25, 0.3) is 0 Å². The predicted octanol–water partition coefficient (Wildman–Crippen LogP) is 1.96. The summed E-state index contributed by atoms with van der Waals surface area (Å²) in [4.78, 5) is 2.35. The van der Waals surface area contributed by atoms with Crippen molar-refractivity contribution in [2.24, 2.45) is 0 Å². The fraction of sp³-hybridized carbons (Fsp3) is 0.500. The maximum absolute atomic E-state index is 13.3. The Hall–Kier alpha value is -0.640. The second-order valence-electron chi connectivity index (χ2n) is 4.11. The van der Waals surface area contributed by atoms with Crippen molar-refractivity contribution in [3.63, 3.8) is 0 Å². The molecule has 2 nitrogen and oxygen atoms in total. The van der Waals surface area contributed by atoms with Crippen molar-refractivity contribution in [3.8, 4) is 0 Å². The number of aryl methyl sites for hydroxylation is 1. The first-order valence-electron chi connectivity index (χ1n) is 5.44. The van der Waals surface area contributed by atoms with E-state index in [2.05, 4.69) is 10.2 Å². The molecule has 0 bridgehead atoms. The molecule has 16 heavy (non-hydrogen) atoms. The summed E-state index contributed by atoms with van der Waals surface area (Å²) < 4.78 is 13.3. The Labute approximate surface area is 102 Å². The minimum atomic E-state index is -0.0948. The molecule has 4 heteroatoms. The Kier molecular flexibility index (Phi) is 5.19. The Bertz CT molecular complexity index is 338. The number of nitrogens with zero attached hydrogens (tertiary/aromatic N) is 1. The highest BCUT2D eigenvalue weighted by Crippen LogP contribution is 2.11. The molecule has 0 radical (unpaired) electrons. The van der Waals surface area contributed by atoms with Gasteiger partial charge in [-0.25, -0.2) is 4.39 Å². The number of rotatable bonds is 2. The first kappa shape index (κ1) is 13.4. The Morgan fingerprint density at radius 2 is 2.00 bits per heavy atom. The molecule has 0 aliphatic carbocycles. The first-order valence-corrected chi connectivity index (χ1v) is 5.44. The van der Waals surface area contributed by atoms with Gasteiger partial charge in [-0.1, -0.05) is 12.1 Å². The van der Waals surface area contributed by atoms with Crippen molar-refractivity contribution in [1.82, 2.24) is 10.2 Å². The van der Waals surface area contributed by atoms with Crippen LogP contribution in [0.1, 0.15) is 11.1 Å². The Morgan fingerprint density at radius 1 is 1.31 bits per heavy atom. The molecular formula is C12H18ClFN2. The maximum atomic E-state index is 13.3. The molecule has 1 aliphatic heterocycles. The van der Waals surface area contributed by atoms with Gasteiger partial charge in [-0.2, -0.15) is 0 Å². The summed E-state index contributed by atoms with van der Waals surface area (Å²) in [5.41, 5.74) is 1.79. The van der Waals surface area contributed by atoms with E-state index in [0.29, 0.717) is 0 Å². The van der Waals surface area contributed by atoms with Crippen LogP contribution < -0.4 is 5.32 Å². The van der Waals surface area contributed by atoms with Crippen molar-refractivity contribution in [2.75, 3.05) is 26.2 Å². The molecule has 1 fully saturated rings. The Balaban J connectivity index is 0.00000128. The number of benzene rings is 1.